The summed E-state index contributed by atoms with van der Waals surface area (Å²) in [4.78, 5) is 18.8. The van der Waals surface area contributed by atoms with E-state index in [4.69, 9.17) is 5.73 Å². The topological polar surface area (TPSA) is 71.2 Å². The number of thioether (sulfide) groups is 1. The van der Waals surface area contributed by atoms with Crippen LogP contribution in [0.5, 0.6) is 0 Å². The van der Waals surface area contributed by atoms with Gasteiger partial charge in [0.25, 0.3) is 5.91 Å². The Morgan fingerprint density at radius 3 is 3.05 bits per heavy atom. The molecule has 3 N–H and O–H groups in total. The van der Waals surface area contributed by atoms with Gasteiger partial charge >= 0.3 is 0 Å². The van der Waals surface area contributed by atoms with Crippen LogP contribution in [-0.4, -0.2) is 42.0 Å². The Hall–Kier alpha value is -0.950. The Kier molecular flexibility index (Phi) is 4.93. The number of carbonyl (C=O) groups excluding carboxylic acids is 1. The van der Waals surface area contributed by atoms with Crippen LogP contribution in [0.25, 0.3) is 0 Å². The third kappa shape index (κ3) is 3.54. The van der Waals surface area contributed by atoms with Crippen molar-refractivity contribution in [1.82, 2.24) is 10.3 Å². The molecule has 0 saturated carbocycles. The van der Waals surface area contributed by atoms with Gasteiger partial charge in [-0.3, -0.25) is 4.79 Å². The second kappa shape index (κ2) is 6.47. The van der Waals surface area contributed by atoms with Crippen molar-refractivity contribution in [2.24, 2.45) is 0 Å². The van der Waals surface area contributed by atoms with Gasteiger partial charge in [-0.15, -0.1) is 0 Å². The van der Waals surface area contributed by atoms with Gasteiger partial charge in [0.05, 0.1) is 0 Å². The van der Waals surface area contributed by atoms with E-state index in [9.17, 15) is 4.79 Å². The number of carbonyl (C=O) groups is 1. The second-order valence-electron chi connectivity index (χ2n) is 4.57. The molecule has 0 aliphatic carbocycles. The number of anilines is 2. The fraction of sp³-hybridized carbons (Fsp3) is 0.667. The first-order valence-corrected chi connectivity index (χ1v) is 8.35. The lowest BCUT2D eigenvalue weighted by Gasteiger charge is -2.11. The average molecular weight is 300 g/mol. The van der Waals surface area contributed by atoms with E-state index in [-0.39, 0.29) is 5.91 Å². The fourth-order valence-corrected chi connectivity index (χ4v) is 4.00. The summed E-state index contributed by atoms with van der Waals surface area (Å²) >= 11 is 3.28. The van der Waals surface area contributed by atoms with Gasteiger partial charge in [0.2, 0.25) is 0 Å². The summed E-state index contributed by atoms with van der Waals surface area (Å²) in [5.41, 5.74) is 5.83. The van der Waals surface area contributed by atoms with Crippen molar-refractivity contribution in [2.75, 3.05) is 36.5 Å². The quantitative estimate of drug-likeness (QED) is 0.868. The molecule has 1 saturated heterocycles. The average Bonchev–Trinajstić information content (AvgIpc) is 3.04. The number of nitrogens with one attached hydrogen (secondary N) is 1. The molecule has 1 aromatic rings. The van der Waals surface area contributed by atoms with E-state index in [2.05, 4.69) is 10.3 Å². The normalized spacial score (nSPS) is 18.5. The molecule has 2 heterocycles. The van der Waals surface area contributed by atoms with Crippen LogP contribution >= 0.6 is 23.1 Å². The standard InChI is InChI=1S/C12H20N4OS2/c1-3-16(2)12-15-10(13)9(19-12)11(17)14-7-8-5-4-6-18-8/h8H,3-7,13H2,1-2H3,(H,14,17). The summed E-state index contributed by atoms with van der Waals surface area (Å²) in [5, 5.41) is 4.31. The largest absolute Gasteiger partial charge is 0.382 e. The third-order valence-corrected chi connectivity index (χ3v) is 5.75. The van der Waals surface area contributed by atoms with Gasteiger partial charge < -0.3 is 16.0 Å². The number of hydrogen-bond acceptors (Lipinski definition) is 6. The van der Waals surface area contributed by atoms with Crippen LogP contribution in [0, 0.1) is 0 Å². The van der Waals surface area contributed by atoms with Gasteiger partial charge in [-0.1, -0.05) is 11.3 Å². The molecule has 0 bridgehead atoms. The van der Waals surface area contributed by atoms with E-state index in [0.29, 0.717) is 15.9 Å². The smallest absolute Gasteiger partial charge is 0.265 e. The predicted octanol–water partition coefficient (Wildman–Crippen LogP) is 1.81. The first-order chi connectivity index (χ1) is 9.11. The minimum atomic E-state index is -0.0988. The highest BCUT2D eigenvalue weighted by Crippen LogP contribution is 2.28. The lowest BCUT2D eigenvalue weighted by Crippen LogP contribution is -2.29. The molecule has 7 heteroatoms. The molecule has 1 atom stereocenters. The van der Waals surface area contributed by atoms with Crippen molar-refractivity contribution < 1.29 is 4.79 Å². The molecular formula is C12H20N4OS2. The fourth-order valence-electron chi connectivity index (χ4n) is 1.87. The van der Waals surface area contributed by atoms with Crippen LogP contribution in [0.2, 0.25) is 0 Å². The maximum Gasteiger partial charge on any atom is 0.265 e. The van der Waals surface area contributed by atoms with Crippen LogP contribution in [0.15, 0.2) is 0 Å². The van der Waals surface area contributed by atoms with Crippen molar-refractivity contribution in [3.05, 3.63) is 4.88 Å². The monoisotopic (exact) mass is 300 g/mol. The van der Waals surface area contributed by atoms with E-state index >= 15 is 0 Å². The van der Waals surface area contributed by atoms with Gasteiger partial charge in [0.1, 0.15) is 10.7 Å². The van der Waals surface area contributed by atoms with Crippen molar-refractivity contribution in [2.45, 2.75) is 25.0 Å². The Morgan fingerprint density at radius 1 is 1.63 bits per heavy atom. The maximum absolute atomic E-state index is 12.1. The Morgan fingerprint density at radius 2 is 2.42 bits per heavy atom. The number of aromatic nitrogens is 1. The summed E-state index contributed by atoms with van der Waals surface area (Å²) in [6.45, 7) is 3.60. The first kappa shape index (κ1) is 14.5. The SMILES string of the molecule is CCN(C)c1nc(N)c(C(=O)NCC2CCCS2)s1. The Labute approximate surface area is 122 Å². The number of rotatable bonds is 5. The van der Waals surface area contributed by atoms with Gasteiger partial charge in [-0.25, -0.2) is 4.98 Å². The summed E-state index contributed by atoms with van der Waals surface area (Å²) in [7, 11) is 1.94. The third-order valence-electron chi connectivity index (χ3n) is 3.16. The van der Waals surface area contributed by atoms with Crippen LogP contribution in [-0.2, 0) is 0 Å². The Balaban J connectivity index is 1.96. The molecule has 0 spiro atoms. The highest BCUT2D eigenvalue weighted by Gasteiger charge is 2.20. The number of nitrogens with zero attached hydrogens (tertiary/aromatic N) is 2. The first-order valence-electron chi connectivity index (χ1n) is 6.49. The number of thiazole rings is 1. The van der Waals surface area contributed by atoms with E-state index in [0.717, 1.165) is 18.2 Å². The molecule has 1 aromatic heterocycles. The van der Waals surface area contributed by atoms with Gasteiger partial charge in [0.15, 0.2) is 5.13 Å². The number of hydrogen-bond donors (Lipinski definition) is 2. The van der Waals surface area contributed by atoms with Crippen molar-refractivity contribution in [3.8, 4) is 0 Å². The molecule has 0 radical (unpaired) electrons. The molecule has 1 fully saturated rings. The van der Waals surface area contributed by atoms with E-state index < -0.39 is 0 Å². The second-order valence-corrected chi connectivity index (χ2v) is 6.96. The van der Waals surface area contributed by atoms with Crippen molar-refractivity contribution in [1.29, 1.82) is 0 Å². The number of amides is 1. The Bertz CT molecular complexity index is 443. The van der Waals surface area contributed by atoms with Gasteiger partial charge in [0, 0.05) is 25.4 Å². The van der Waals surface area contributed by atoms with Crippen LogP contribution in [0.1, 0.15) is 29.4 Å². The summed E-state index contributed by atoms with van der Waals surface area (Å²) in [5.74, 6) is 1.43. The van der Waals surface area contributed by atoms with Crippen LogP contribution in [0.4, 0.5) is 10.9 Å². The highest BCUT2D eigenvalue weighted by atomic mass is 32.2. The van der Waals surface area contributed by atoms with Crippen molar-refractivity contribution >= 4 is 40.0 Å². The minimum absolute atomic E-state index is 0.0988. The minimum Gasteiger partial charge on any atom is -0.382 e. The molecule has 5 nitrogen and oxygen atoms in total. The predicted molar refractivity (Wildman–Crippen MR) is 83.3 cm³/mol. The van der Waals surface area contributed by atoms with Crippen LogP contribution < -0.4 is 16.0 Å². The lowest BCUT2D eigenvalue weighted by atomic mass is 10.2. The molecule has 1 amide bonds. The zero-order valence-electron chi connectivity index (χ0n) is 11.3. The zero-order valence-corrected chi connectivity index (χ0v) is 12.9. The molecule has 2 rings (SSSR count). The summed E-state index contributed by atoms with van der Waals surface area (Å²) in [6.07, 6.45) is 2.44. The lowest BCUT2D eigenvalue weighted by molar-refractivity contribution is 0.0958. The number of nitrogens with two attached hydrogens (primary N) is 1. The van der Waals surface area contributed by atoms with Crippen LogP contribution in [0.3, 0.4) is 0 Å². The molecule has 1 aliphatic rings. The zero-order chi connectivity index (χ0) is 13.8. The van der Waals surface area contributed by atoms with E-state index in [1.807, 2.05) is 30.6 Å². The van der Waals surface area contributed by atoms with E-state index in [1.54, 1.807) is 0 Å². The maximum atomic E-state index is 12.1. The molecule has 106 valence electrons. The number of nitrogen functional groups attached to an aromatic ring is 1. The summed E-state index contributed by atoms with van der Waals surface area (Å²) < 4.78 is 0. The van der Waals surface area contributed by atoms with Crippen molar-refractivity contribution in [3.63, 3.8) is 0 Å². The summed E-state index contributed by atoms with van der Waals surface area (Å²) in [6, 6.07) is 0. The molecule has 0 aromatic carbocycles. The highest BCUT2D eigenvalue weighted by molar-refractivity contribution is 8.00. The molecule has 1 aliphatic heterocycles. The molecular weight excluding hydrogens is 280 g/mol. The van der Waals surface area contributed by atoms with Gasteiger partial charge in [-0.05, 0) is 25.5 Å². The van der Waals surface area contributed by atoms with E-state index in [1.165, 1.54) is 29.9 Å². The molecule has 19 heavy (non-hydrogen) atoms. The van der Waals surface area contributed by atoms with Gasteiger partial charge in [-0.2, -0.15) is 11.8 Å². The molecule has 1 unspecified atom stereocenters.